The first-order valence-electron chi connectivity index (χ1n) is 4.82. The highest BCUT2D eigenvalue weighted by Gasteiger charge is 2.21. The van der Waals surface area contributed by atoms with E-state index in [9.17, 15) is 5.11 Å². The van der Waals surface area contributed by atoms with E-state index in [1.165, 1.54) is 6.42 Å². The molecule has 0 spiro atoms. The van der Waals surface area contributed by atoms with E-state index in [-0.39, 0.29) is 0 Å². The second-order valence-corrected chi connectivity index (χ2v) is 5.89. The highest BCUT2D eigenvalue weighted by atomic mass is 16.3. The summed E-state index contributed by atoms with van der Waals surface area (Å²) in [6, 6.07) is 0. The van der Waals surface area contributed by atoms with Crippen molar-refractivity contribution in [2.45, 2.75) is 60.0 Å². The molecule has 0 radical (unpaired) electrons. The van der Waals surface area contributed by atoms with Gasteiger partial charge in [-0.3, -0.25) is 0 Å². The van der Waals surface area contributed by atoms with Gasteiger partial charge in [-0.25, -0.2) is 0 Å². The van der Waals surface area contributed by atoms with Gasteiger partial charge in [0.2, 0.25) is 0 Å². The molecule has 0 aliphatic heterocycles. The molecule has 0 aliphatic rings. The summed E-state index contributed by atoms with van der Waals surface area (Å²) in [6.07, 6.45) is 2.07. The summed E-state index contributed by atoms with van der Waals surface area (Å²) in [4.78, 5) is 0. The lowest BCUT2D eigenvalue weighted by molar-refractivity contribution is 0.0485. The molecule has 0 heterocycles. The largest absolute Gasteiger partial charge is 0.390 e. The maximum absolute atomic E-state index is 9.58. The first-order valence-corrected chi connectivity index (χ1v) is 4.82. The Morgan fingerprint density at radius 1 is 1.00 bits per heavy atom. The van der Waals surface area contributed by atoms with Gasteiger partial charge >= 0.3 is 0 Å². The molecule has 0 fully saturated rings. The van der Waals surface area contributed by atoms with Gasteiger partial charge in [-0.05, 0) is 38.0 Å². The molecular weight excluding hydrogens is 148 g/mol. The van der Waals surface area contributed by atoms with Crippen LogP contribution in [0.4, 0.5) is 0 Å². The zero-order valence-electron chi connectivity index (χ0n) is 9.44. The molecule has 0 aromatic rings. The molecule has 0 aromatic carbocycles. The highest BCUT2D eigenvalue weighted by molar-refractivity contribution is 4.73. The van der Waals surface area contributed by atoms with Crippen LogP contribution in [0.3, 0.4) is 0 Å². The standard InChI is InChI=1S/C11H24O/c1-9(7-10(2,3)4)8-11(5,6)12/h9,12H,7-8H2,1-6H3. The summed E-state index contributed by atoms with van der Waals surface area (Å²) in [6.45, 7) is 12.7. The van der Waals surface area contributed by atoms with Crippen molar-refractivity contribution in [1.82, 2.24) is 0 Å². The van der Waals surface area contributed by atoms with E-state index >= 15 is 0 Å². The molecular formula is C11H24O. The van der Waals surface area contributed by atoms with Crippen molar-refractivity contribution in [3.05, 3.63) is 0 Å². The Morgan fingerprint density at radius 2 is 1.42 bits per heavy atom. The molecule has 12 heavy (non-hydrogen) atoms. The topological polar surface area (TPSA) is 20.2 Å². The Bertz CT molecular complexity index is 109. The SMILES string of the molecule is CC(CC(C)(C)C)CC(C)(C)O. The molecule has 1 atom stereocenters. The Kier molecular flexibility index (Phi) is 3.77. The monoisotopic (exact) mass is 172 g/mol. The van der Waals surface area contributed by atoms with Crippen molar-refractivity contribution in [3.63, 3.8) is 0 Å². The van der Waals surface area contributed by atoms with Gasteiger partial charge in [0.25, 0.3) is 0 Å². The van der Waals surface area contributed by atoms with Gasteiger partial charge in [0.1, 0.15) is 0 Å². The van der Waals surface area contributed by atoms with Gasteiger partial charge in [0.15, 0.2) is 0 Å². The summed E-state index contributed by atoms with van der Waals surface area (Å²) < 4.78 is 0. The van der Waals surface area contributed by atoms with Crippen LogP contribution in [-0.4, -0.2) is 10.7 Å². The molecule has 0 aromatic heterocycles. The summed E-state index contributed by atoms with van der Waals surface area (Å²) in [5.41, 5.74) is -0.130. The van der Waals surface area contributed by atoms with Gasteiger partial charge in [0.05, 0.1) is 5.60 Å². The van der Waals surface area contributed by atoms with Crippen LogP contribution in [0.15, 0.2) is 0 Å². The average molecular weight is 172 g/mol. The molecule has 0 saturated carbocycles. The zero-order valence-corrected chi connectivity index (χ0v) is 9.44. The summed E-state index contributed by atoms with van der Waals surface area (Å²) in [7, 11) is 0. The quantitative estimate of drug-likeness (QED) is 0.693. The van der Waals surface area contributed by atoms with E-state index in [2.05, 4.69) is 27.7 Å². The molecule has 1 heteroatoms. The molecule has 0 amide bonds. The third-order valence-electron chi connectivity index (χ3n) is 1.81. The second-order valence-electron chi connectivity index (χ2n) is 5.89. The van der Waals surface area contributed by atoms with Crippen LogP contribution >= 0.6 is 0 Å². The smallest absolute Gasteiger partial charge is 0.0594 e. The van der Waals surface area contributed by atoms with Crippen molar-refractivity contribution >= 4 is 0 Å². The zero-order chi connectivity index (χ0) is 9.99. The molecule has 1 nitrogen and oxygen atoms in total. The fourth-order valence-corrected chi connectivity index (χ4v) is 1.97. The molecule has 1 unspecified atom stereocenters. The summed E-state index contributed by atoms with van der Waals surface area (Å²) in [5.74, 6) is 0.602. The van der Waals surface area contributed by atoms with E-state index < -0.39 is 5.60 Å². The van der Waals surface area contributed by atoms with Gasteiger partial charge in [-0.2, -0.15) is 0 Å². The van der Waals surface area contributed by atoms with Crippen LogP contribution in [-0.2, 0) is 0 Å². The van der Waals surface area contributed by atoms with Crippen molar-refractivity contribution < 1.29 is 5.11 Å². The molecule has 74 valence electrons. The minimum absolute atomic E-state index is 0.380. The fourth-order valence-electron chi connectivity index (χ4n) is 1.97. The normalized spacial score (nSPS) is 16.2. The van der Waals surface area contributed by atoms with Crippen molar-refractivity contribution in [2.75, 3.05) is 0 Å². The minimum atomic E-state index is -0.509. The van der Waals surface area contributed by atoms with Crippen LogP contribution in [0.1, 0.15) is 54.4 Å². The number of hydrogen-bond donors (Lipinski definition) is 1. The highest BCUT2D eigenvalue weighted by Crippen LogP contribution is 2.28. The number of rotatable bonds is 3. The lowest BCUT2D eigenvalue weighted by Gasteiger charge is -2.27. The van der Waals surface area contributed by atoms with Gasteiger partial charge in [-0.1, -0.05) is 27.7 Å². The first-order chi connectivity index (χ1) is 5.10. The van der Waals surface area contributed by atoms with E-state index in [4.69, 9.17) is 0 Å². The Morgan fingerprint density at radius 3 is 1.67 bits per heavy atom. The molecule has 1 N–H and O–H groups in total. The van der Waals surface area contributed by atoms with Crippen LogP contribution in [0.2, 0.25) is 0 Å². The van der Waals surface area contributed by atoms with Gasteiger partial charge in [0, 0.05) is 0 Å². The fraction of sp³-hybridized carbons (Fsp3) is 1.00. The number of aliphatic hydroxyl groups is 1. The molecule has 0 aliphatic carbocycles. The van der Waals surface area contributed by atoms with Crippen molar-refractivity contribution in [2.24, 2.45) is 11.3 Å². The molecule has 0 bridgehead atoms. The van der Waals surface area contributed by atoms with Crippen molar-refractivity contribution in [1.29, 1.82) is 0 Å². The third-order valence-corrected chi connectivity index (χ3v) is 1.81. The van der Waals surface area contributed by atoms with E-state index in [1.807, 2.05) is 13.8 Å². The molecule has 0 saturated heterocycles. The van der Waals surface area contributed by atoms with E-state index in [0.717, 1.165) is 6.42 Å². The van der Waals surface area contributed by atoms with Crippen LogP contribution in [0.5, 0.6) is 0 Å². The predicted molar refractivity (Wildman–Crippen MR) is 54.2 cm³/mol. The maximum Gasteiger partial charge on any atom is 0.0594 e. The summed E-state index contributed by atoms with van der Waals surface area (Å²) >= 11 is 0. The predicted octanol–water partition coefficient (Wildman–Crippen LogP) is 3.22. The van der Waals surface area contributed by atoms with Crippen LogP contribution in [0, 0.1) is 11.3 Å². The van der Waals surface area contributed by atoms with Crippen molar-refractivity contribution in [3.8, 4) is 0 Å². The van der Waals surface area contributed by atoms with E-state index in [1.54, 1.807) is 0 Å². The van der Waals surface area contributed by atoms with Crippen LogP contribution < -0.4 is 0 Å². The Hall–Kier alpha value is -0.0400. The van der Waals surface area contributed by atoms with Gasteiger partial charge in [-0.15, -0.1) is 0 Å². The number of hydrogen-bond acceptors (Lipinski definition) is 1. The summed E-state index contributed by atoms with van der Waals surface area (Å²) in [5, 5.41) is 9.58. The first kappa shape index (κ1) is 12.0. The van der Waals surface area contributed by atoms with Crippen LogP contribution in [0.25, 0.3) is 0 Å². The minimum Gasteiger partial charge on any atom is -0.390 e. The van der Waals surface area contributed by atoms with E-state index in [0.29, 0.717) is 11.3 Å². The lowest BCUT2D eigenvalue weighted by atomic mass is 9.81. The average Bonchev–Trinajstić information content (AvgIpc) is 1.49. The molecule has 0 rings (SSSR count). The Balaban J connectivity index is 3.83. The maximum atomic E-state index is 9.58. The second kappa shape index (κ2) is 3.78. The Labute approximate surface area is 77.2 Å². The lowest BCUT2D eigenvalue weighted by Crippen LogP contribution is -2.24. The third kappa shape index (κ3) is 8.06. The van der Waals surface area contributed by atoms with Gasteiger partial charge < -0.3 is 5.11 Å².